The molecule has 1 N–H and O–H groups in total. The van der Waals surface area contributed by atoms with Crippen molar-refractivity contribution in [3.63, 3.8) is 0 Å². The maximum atomic E-state index is 12.2. The van der Waals surface area contributed by atoms with Gasteiger partial charge in [0.25, 0.3) is 0 Å². The molecule has 138 valence electrons. The Bertz CT molecular complexity index is 981. The summed E-state index contributed by atoms with van der Waals surface area (Å²) in [4.78, 5) is 18.7. The Hall–Kier alpha value is -2.73. The second-order valence-corrected chi connectivity index (χ2v) is 8.15. The molecular formula is C21H21N3O2S. The van der Waals surface area contributed by atoms with E-state index < -0.39 is 0 Å². The van der Waals surface area contributed by atoms with E-state index in [1.54, 1.807) is 17.4 Å². The van der Waals surface area contributed by atoms with Crippen molar-refractivity contribution in [1.29, 1.82) is 0 Å². The Morgan fingerprint density at radius 1 is 1.26 bits per heavy atom. The van der Waals surface area contributed by atoms with E-state index in [1.165, 1.54) is 12.0 Å². The van der Waals surface area contributed by atoms with Gasteiger partial charge in [0.1, 0.15) is 0 Å². The van der Waals surface area contributed by atoms with Crippen molar-refractivity contribution in [3.8, 4) is 10.7 Å². The Morgan fingerprint density at radius 3 is 2.74 bits per heavy atom. The van der Waals surface area contributed by atoms with Crippen LogP contribution in [0.15, 0.2) is 40.9 Å². The number of carbonyl (C=O) groups excluding carboxylic acids is 1. The van der Waals surface area contributed by atoms with Crippen molar-refractivity contribution in [3.05, 3.63) is 58.3 Å². The molecule has 4 rings (SSSR count). The van der Waals surface area contributed by atoms with E-state index in [2.05, 4.69) is 15.5 Å². The number of hydrogen-bond donors (Lipinski definition) is 1. The average Bonchev–Trinajstić information content (AvgIpc) is 3.20. The summed E-state index contributed by atoms with van der Waals surface area (Å²) >= 11 is 1.55. The van der Waals surface area contributed by atoms with Crippen molar-refractivity contribution >= 4 is 29.0 Å². The summed E-state index contributed by atoms with van der Waals surface area (Å²) in [5.41, 5.74) is 2.97. The quantitative estimate of drug-likeness (QED) is 0.608. The van der Waals surface area contributed by atoms with Crippen LogP contribution in [0.25, 0.3) is 16.8 Å². The van der Waals surface area contributed by atoms with Gasteiger partial charge in [-0.3, -0.25) is 4.79 Å². The lowest BCUT2D eigenvalue weighted by Crippen LogP contribution is -2.08. The van der Waals surface area contributed by atoms with Crippen LogP contribution in [0.1, 0.15) is 47.1 Å². The van der Waals surface area contributed by atoms with Crippen molar-refractivity contribution < 1.29 is 9.32 Å². The first kappa shape index (κ1) is 17.7. The summed E-state index contributed by atoms with van der Waals surface area (Å²) in [6.07, 6.45) is 6.83. The minimum Gasteiger partial charge on any atom is -0.339 e. The number of benzene rings is 1. The van der Waals surface area contributed by atoms with Gasteiger partial charge in [0, 0.05) is 16.9 Å². The highest BCUT2D eigenvalue weighted by Gasteiger charge is 2.26. The van der Waals surface area contributed by atoms with Gasteiger partial charge in [-0.15, -0.1) is 11.3 Å². The molecule has 1 amide bonds. The summed E-state index contributed by atoms with van der Waals surface area (Å²) < 4.78 is 5.40. The molecule has 1 aromatic carbocycles. The number of nitrogens with zero attached hydrogens (tertiary/aromatic N) is 2. The smallest absolute Gasteiger partial charge is 0.248 e. The maximum absolute atomic E-state index is 12.2. The minimum atomic E-state index is -0.161. The topological polar surface area (TPSA) is 68.0 Å². The van der Waals surface area contributed by atoms with Gasteiger partial charge in [0.05, 0.1) is 10.6 Å². The number of thiophene rings is 1. The summed E-state index contributed by atoms with van der Waals surface area (Å²) in [5.74, 6) is 1.58. The molecule has 0 atom stereocenters. The molecule has 1 aliphatic carbocycles. The van der Waals surface area contributed by atoms with E-state index in [0.29, 0.717) is 11.7 Å². The first-order chi connectivity index (χ1) is 13.1. The SMILES string of the molecule is Cc1ccc(/C=C/C(=O)Nc2cc(-c3noc(C4CCC4)n3)sc2C)cc1. The molecule has 6 heteroatoms. The van der Waals surface area contributed by atoms with Crippen LogP contribution in [0.4, 0.5) is 5.69 Å². The van der Waals surface area contributed by atoms with E-state index in [1.807, 2.05) is 50.3 Å². The molecule has 1 fully saturated rings. The highest BCUT2D eigenvalue weighted by Crippen LogP contribution is 2.38. The fourth-order valence-electron chi connectivity index (χ4n) is 2.90. The summed E-state index contributed by atoms with van der Waals surface area (Å²) in [6.45, 7) is 4.01. The lowest BCUT2D eigenvalue weighted by molar-refractivity contribution is -0.111. The van der Waals surface area contributed by atoms with Crippen molar-refractivity contribution in [2.45, 2.75) is 39.0 Å². The molecule has 0 radical (unpaired) electrons. The van der Waals surface area contributed by atoms with Crippen molar-refractivity contribution in [1.82, 2.24) is 10.1 Å². The fraction of sp³-hybridized carbons (Fsp3) is 0.286. The van der Waals surface area contributed by atoms with Crippen LogP contribution < -0.4 is 5.32 Å². The Morgan fingerprint density at radius 2 is 2.04 bits per heavy atom. The molecule has 0 saturated heterocycles. The second kappa shape index (κ2) is 7.48. The summed E-state index contributed by atoms with van der Waals surface area (Å²) in [6, 6.07) is 9.93. The monoisotopic (exact) mass is 379 g/mol. The second-order valence-electron chi connectivity index (χ2n) is 6.90. The van der Waals surface area contributed by atoms with Gasteiger partial charge in [-0.25, -0.2) is 0 Å². The van der Waals surface area contributed by atoms with E-state index in [9.17, 15) is 4.79 Å². The average molecular weight is 379 g/mol. The van der Waals surface area contributed by atoms with Crippen LogP contribution in [0.2, 0.25) is 0 Å². The molecule has 2 aromatic heterocycles. The number of hydrogen-bond acceptors (Lipinski definition) is 5. The summed E-state index contributed by atoms with van der Waals surface area (Å²) in [7, 11) is 0. The first-order valence-electron chi connectivity index (χ1n) is 9.08. The Balaban J connectivity index is 1.44. The molecule has 3 aromatic rings. The first-order valence-corrected chi connectivity index (χ1v) is 9.90. The van der Waals surface area contributed by atoms with Crippen LogP contribution in [0.5, 0.6) is 0 Å². The molecule has 27 heavy (non-hydrogen) atoms. The molecule has 0 aliphatic heterocycles. The number of nitrogens with one attached hydrogen (secondary N) is 1. The van der Waals surface area contributed by atoms with Crippen LogP contribution in [0, 0.1) is 13.8 Å². The lowest BCUT2D eigenvalue weighted by atomic mass is 9.85. The highest BCUT2D eigenvalue weighted by atomic mass is 32.1. The molecule has 0 unspecified atom stereocenters. The zero-order chi connectivity index (χ0) is 18.8. The molecule has 2 heterocycles. The van der Waals surface area contributed by atoms with E-state index in [-0.39, 0.29) is 5.91 Å². The number of carbonyl (C=O) groups is 1. The molecule has 1 aliphatic rings. The van der Waals surface area contributed by atoms with Gasteiger partial charge in [-0.05, 0) is 44.4 Å². The molecule has 0 spiro atoms. The van der Waals surface area contributed by atoms with Gasteiger partial charge in [-0.2, -0.15) is 4.98 Å². The van der Waals surface area contributed by atoms with Crippen molar-refractivity contribution in [2.75, 3.05) is 5.32 Å². The fourth-order valence-corrected chi connectivity index (χ4v) is 3.80. The molecular weight excluding hydrogens is 358 g/mol. The van der Waals surface area contributed by atoms with Gasteiger partial charge in [0.2, 0.25) is 17.6 Å². The predicted octanol–water partition coefficient (Wildman–Crippen LogP) is 5.33. The van der Waals surface area contributed by atoms with Gasteiger partial charge in [-0.1, -0.05) is 41.4 Å². The molecule has 5 nitrogen and oxygen atoms in total. The maximum Gasteiger partial charge on any atom is 0.248 e. The largest absolute Gasteiger partial charge is 0.339 e. The third-order valence-electron chi connectivity index (χ3n) is 4.80. The van der Waals surface area contributed by atoms with Crippen LogP contribution in [-0.4, -0.2) is 16.0 Å². The number of anilines is 1. The number of aryl methyl sites for hydroxylation is 2. The minimum absolute atomic E-state index is 0.161. The van der Waals surface area contributed by atoms with Gasteiger partial charge >= 0.3 is 0 Å². The van der Waals surface area contributed by atoms with Crippen molar-refractivity contribution in [2.24, 2.45) is 0 Å². The van der Waals surface area contributed by atoms with Crippen LogP contribution in [0.3, 0.4) is 0 Å². The van der Waals surface area contributed by atoms with Crippen LogP contribution in [-0.2, 0) is 4.79 Å². The molecule has 0 bridgehead atoms. The predicted molar refractivity (Wildman–Crippen MR) is 108 cm³/mol. The highest BCUT2D eigenvalue weighted by molar-refractivity contribution is 7.16. The number of aromatic nitrogens is 2. The van der Waals surface area contributed by atoms with E-state index in [0.717, 1.165) is 39.7 Å². The third kappa shape index (κ3) is 4.01. The standard InChI is InChI=1S/C21H21N3O2S/c1-13-6-8-15(9-7-13)10-11-19(25)22-17-12-18(27-14(17)2)20-23-21(26-24-20)16-4-3-5-16/h6-12,16H,3-5H2,1-2H3,(H,22,25)/b11-10+. The van der Waals surface area contributed by atoms with Gasteiger partial charge in [0.15, 0.2) is 0 Å². The van der Waals surface area contributed by atoms with Gasteiger partial charge < -0.3 is 9.84 Å². The van der Waals surface area contributed by atoms with Crippen LogP contribution >= 0.6 is 11.3 Å². The summed E-state index contributed by atoms with van der Waals surface area (Å²) in [5, 5.41) is 7.04. The zero-order valence-corrected chi connectivity index (χ0v) is 16.2. The normalized spacial score (nSPS) is 14.4. The van der Waals surface area contributed by atoms with E-state index >= 15 is 0 Å². The zero-order valence-electron chi connectivity index (χ0n) is 15.4. The third-order valence-corrected chi connectivity index (χ3v) is 5.84. The Kier molecular flexibility index (Phi) is 4.90. The Labute approximate surface area is 162 Å². The lowest BCUT2D eigenvalue weighted by Gasteiger charge is -2.20. The molecule has 1 saturated carbocycles. The number of rotatable bonds is 5. The van der Waals surface area contributed by atoms with E-state index in [4.69, 9.17) is 4.52 Å². The number of amides is 1.